The van der Waals surface area contributed by atoms with E-state index in [0.717, 1.165) is 10.8 Å². The van der Waals surface area contributed by atoms with Crippen LogP contribution in [0.15, 0.2) is 29.6 Å². The lowest BCUT2D eigenvalue weighted by Gasteiger charge is -1.96. The van der Waals surface area contributed by atoms with Gasteiger partial charge in [0.05, 0.1) is 5.69 Å². The molecule has 0 unspecified atom stereocenters. The van der Waals surface area contributed by atoms with Crippen molar-refractivity contribution in [1.29, 1.82) is 0 Å². The lowest BCUT2D eigenvalue weighted by molar-refractivity contribution is 1.24. The second-order valence-corrected chi connectivity index (χ2v) is 5.17. The molecule has 1 aromatic heterocycles. The highest BCUT2D eigenvalue weighted by molar-refractivity contribution is 7.97. The fraction of sp³-hybridized carbons (Fsp3) is 0.250. The minimum Gasteiger partial charge on any atom is -0.240 e. The van der Waals surface area contributed by atoms with Crippen LogP contribution in [0.4, 0.5) is 0 Å². The molecule has 0 fully saturated rings. The molecular weight excluding hydrogens is 222 g/mol. The van der Waals surface area contributed by atoms with E-state index in [4.69, 9.17) is 0 Å². The highest BCUT2D eigenvalue weighted by atomic mass is 32.2. The number of aromatic nitrogens is 1. The van der Waals surface area contributed by atoms with Crippen molar-refractivity contribution < 1.29 is 0 Å². The number of thiazole rings is 1. The van der Waals surface area contributed by atoms with E-state index in [1.165, 1.54) is 16.8 Å². The Hall–Kier alpha value is -0.800. The van der Waals surface area contributed by atoms with Crippen LogP contribution in [0.2, 0.25) is 0 Å². The molecular formula is C12H13NS2. The van der Waals surface area contributed by atoms with Crippen molar-refractivity contribution in [2.75, 3.05) is 6.26 Å². The lowest BCUT2D eigenvalue weighted by atomic mass is 10.2. The maximum Gasteiger partial charge on any atom is 0.123 e. The first-order chi connectivity index (χ1) is 7.29. The van der Waals surface area contributed by atoms with Crippen LogP contribution < -0.4 is 0 Å². The molecule has 0 amide bonds. The van der Waals surface area contributed by atoms with Gasteiger partial charge in [0, 0.05) is 16.7 Å². The summed E-state index contributed by atoms with van der Waals surface area (Å²) in [5.41, 5.74) is 3.70. The Morgan fingerprint density at radius 1 is 1.27 bits per heavy atom. The molecule has 0 spiro atoms. The molecule has 78 valence electrons. The topological polar surface area (TPSA) is 12.9 Å². The molecule has 0 saturated carbocycles. The van der Waals surface area contributed by atoms with Gasteiger partial charge in [-0.25, -0.2) is 4.98 Å². The van der Waals surface area contributed by atoms with Gasteiger partial charge in [-0.3, -0.25) is 0 Å². The van der Waals surface area contributed by atoms with Gasteiger partial charge in [0.1, 0.15) is 5.01 Å². The first kappa shape index (κ1) is 10.7. The van der Waals surface area contributed by atoms with Crippen molar-refractivity contribution in [3.63, 3.8) is 0 Å². The van der Waals surface area contributed by atoms with E-state index in [2.05, 4.69) is 47.8 Å². The van der Waals surface area contributed by atoms with Gasteiger partial charge in [-0.15, -0.1) is 11.3 Å². The summed E-state index contributed by atoms with van der Waals surface area (Å²) in [6.07, 6.45) is 2.10. The lowest BCUT2D eigenvalue weighted by Crippen LogP contribution is -1.81. The van der Waals surface area contributed by atoms with Crippen LogP contribution in [0.1, 0.15) is 11.3 Å². The summed E-state index contributed by atoms with van der Waals surface area (Å²) in [5.74, 6) is 1.00. The molecule has 2 rings (SSSR count). The van der Waals surface area contributed by atoms with E-state index in [-0.39, 0.29) is 0 Å². The van der Waals surface area contributed by atoms with Crippen molar-refractivity contribution in [2.24, 2.45) is 0 Å². The summed E-state index contributed by atoms with van der Waals surface area (Å²) in [4.78, 5) is 4.60. The Balaban J connectivity index is 2.25. The Morgan fingerprint density at radius 3 is 2.67 bits per heavy atom. The van der Waals surface area contributed by atoms with E-state index in [0.29, 0.717) is 0 Å². The van der Waals surface area contributed by atoms with Gasteiger partial charge >= 0.3 is 0 Å². The van der Waals surface area contributed by atoms with Crippen molar-refractivity contribution in [3.8, 4) is 10.6 Å². The third-order valence-corrected chi connectivity index (χ3v) is 3.67. The predicted molar refractivity (Wildman–Crippen MR) is 69.5 cm³/mol. The molecule has 0 aliphatic rings. The van der Waals surface area contributed by atoms with Gasteiger partial charge in [0.15, 0.2) is 0 Å². The molecule has 0 N–H and O–H groups in total. The molecule has 2 aromatic rings. The third kappa shape index (κ3) is 2.61. The number of hydrogen-bond donors (Lipinski definition) is 0. The number of thioether (sulfide) groups is 1. The van der Waals surface area contributed by atoms with E-state index < -0.39 is 0 Å². The smallest absolute Gasteiger partial charge is 0.123 e. The van der Waals surface area contributed by atoms with E-state index in [1.807, 2.05) is 11.8 Å². The first-order valence-corrected chi connectivity index (χ1v) is 7.07. The SMILES string of the molecule is CSCc1csc(-c2ccc(C)cc2)n1. The maximum absolute atomic E-state index is 4.60. The Morgan fingerprint density at radius 2 is 2.00 bits per heavy atom. The molecule has 0 atom stereocenters. The van der Waals surface area contributed by atoms with E-state index >= 15 is 0 Å². The molecule has 0 bridgehead atoms. The summed E-state index contributed by atoms with van der Waals surface area (Å²) >= 11 is 3.53. The van der Waals surface area contributed by atoms with Crippen LogP contribution in [0.3, 0.4) is 0 Å². The monoisotopic (exact) mass is 235 g/mol. The number of nitrogens with zero attached hydrogens (tertiary/aromatic N) is 1. The van der Waals surface area contributed by atoms with Crippen LogP contribution in [0, 0.1) is 6.92 Å². The molecule has 0 aliphatic heterocycles. The highest BCUT2D eigenvalue weighted by Crippen LogP contribution is 2.25. The normalized spacial score (nSPS) is 10.5. The molecule has 0 aliphatic carbocycles. The van der Waals surface area contributed by atoms with Crippen LogP contribution in [0.25, 0.3) is 10.6 Å². The summed E-state index contributed by atoms with van der Waals surface area (Å²) in [6, 6.07) is 8.53. The van der Waals surface area contributed by atoms with Gasteiger partial charge in [-0.2, -0.15) is 11.8 Å². The molecule has 1 heterocycles. The summed E-state index contributed by atoms with van der Waals surface area (Å²) in [7, 11) is 0. The minimum atomic E-state index is 1.00. The zero-order valence-electron chi connectivity index (χ0n) is 8.86. The number of hydrogen-bond acceptors (Lipinski definition) is 3. The molecule has 0 saturated heterocycles. The number of benzene rings is 1. The standard InChI is InChI=1S/C12H13NS2/c1-9-3-5-10(6-4-9)12-13-11(7-14-2)8-15-12/h3-6,8H,7H2,1-2H3. The number of aryl methyl sites for hydroxylation is 1. The molecule has 1 aromatic carbocycles. The second-order valence-electron chi connectivity index (χ2n) is 3.44. The van der Waals surface area contributed by atoms with Gasteiger partial charge in [0.2, 0.25) is 0 Å². The van der Waals surface area contributed by atoms with E-state index in [9.17, 15) is 0 Å². The highest BCUT2D eigenvalue weighted by Gasteiger charge is 2.03. The van der Waals surface area contributed by atoms with Crippen LogP contribution in [-0.4, -0.2) is 11.2 Å². The number of rotatable bonds is 3. The third-order valence-electron chi connectivity index (χ3n) is 2.14. The summed E-state index contributed by atoms with van der Waals surface area (Å²) in [6.45, 7) is 2.10. The molecule has 0 radical (unpaired) electrons. The Kier molecular flexibility index (Phi) is 3.44. The first-order valence-electron chi connectivity index (χ1n) is 4.80. The maximum atomic E-state index is 4.60. The zero-order chi connectivity index (χ0) is 10.7. The van der Waals surface area contributed by atoms with Crippen LogP contribution in [0.5, 0.6) is 0 Å². The summed E-state index contributed by atoms with van der Waals surface area (Å²) < 4.78 is 0. The zero-order valence-corrected chi connectivity index (χ0v) is 10.5. The Bertz CT molecular complexity index is 431. The molecule has 1 nitrogen and oxygen atoms in total. The largest absolute Gasteiger partial charge is 0.240 e. The van der Waals surface area contributed by atoms with Gasteiger partial charge < -0.3 is 0 Å². The van der Waals surface area contributed by atoms with E-state index in [1.54, 1.807) is 11.3 Å². The van der Waals surface area contributed by atoms with Gasteiger partial charge in [-0.1, -0.05) is 29.8 Å². The van der Waals surface area contributed by atoms with Crippen LogP contribution in [-0.2, 0) is 5.75 Å². The van der Waals surface area contributed by atoms with Crippen molar-refractivity contribution in [2.45, 2.75) is 12.7 Å². The van der Waals surface area contributed by atoms with Crippen molar-refractivity contribution in [1.82, 2.24) is 4.98 Å². The fourth-order valence-corrected chi connectivity index (χ4v) is 2.72. The minimum absolute atomic E-state index is 1.00. The Labute approximate surface area is 98.6 Å². The second kappa shape index (κ2) is 4.81. The average molecular weight is 235 g/mol. The van der Waals surface area contributed by atoms with Gasteiger partial charge in [-0.05, 0) is 13.2 Å². The fourth-order valence-electron chi connectivity index (χ4n) is 1.35. The quantitative estimate of drug-likeness (QED) is 0.798. The average Bonchev–Trinajstić information content (AvgIpc) is 2.68. The van der Waals surface area contributed by atoms with Crippen molar-refractivity contribution in [3.05, 3.63) is 40.9 Å². The summed E-state index contributed by atoms with van der Waals surface area (Å²) in [5, 5.41) is 3.27. The van der Waals surface area contributed by atoms with Gasteiger partial charge in [0.25, 0.3) is 0 Å². The predicted octanol–water partition coefficient (Wildman–Crippen LogP) is 3.98. The van der Waals surface area contributed by atoms with Crippen LogP contribution >= 0.6 is 23.1 Å². The molecule has 3 heteroatoms. The van der Waals surface area contributed by atoms with Crippen molar-refractivity contribution >= 4 is 23.1 Å². The molecule has 15 heavy (non-hydrogen) atoms.